The topological polar surface area (TPSA) is 98.3 Å². The van der Waals surface area contributed by atoms with Gasteiger partial charge in [-0.25, -0.2) is 4.79 Å². The van der Waals surface area contributed by atoms with Gasteiger partial charge in [0, 0.05) is 43.2 Å². The maximum atomic E-state index is 14.0. The van der Waals surface area contributed by atoms with Crippen molar-refractivity contribution in [2.75, 3.05) is 39.9 Å². The van der Waals surface area contributed by atoms with Crippen LogP contribution in [0.3, 0.4) is 0 Å². The van der Waals surface area contributed by atoms with Crippen molar-refractivity contribution in [1.82, 2.24) is 19.7 Å². The SMILES string of the molecule is CCN(CCCN1C(=O)N2[C@H](c3cccc(O)c3)c3[nH]c4ccc(OC(F)F)cc4c3C[C@@]2(C)C1=O)CCOC. The van der Waals surface area contributed by atoms with Crippen LogP contribution in [0.15, 0.2) is 42.5 Å². The molecular formula is C29H34F2N4O5. The predicted molar refractivity (Wildman–Crippen MR) is 145 cm³/mol. The number of imide groups is 1. The molecule has 0 unspecified atom stereocenters. The van der Waals surface area contributed by atoms with Crippen molar-refractivity contribution in [2.24, 2.45) is 0 Å². The van der Waals surface area contributed by atoms with Crippen LogP contribution in [0.4, 0.5) is 13.6 Å². The van der Waals surface area contributed by atoms with Gasteiger partial charge in [-0.3, -0.25) is 14.6 Å². The van der Waals surface area contributed by atoms with Crippen molar-refractivity contribution in [3.8, 4) is 11.5 Å². The molecule has 1 saturated heterocycles. The molecule has 3 aromatic rings. The third kappa shape index (κ3) is 4.88. The maximum Gasteiger partial charge on any atom is 0.387 e. The van der Waals surface area contributed by atoms with E-state index in [0.717, 1.165) is 18.7 Å². The number of alkyl halides is 2. The molecule has 2 aliphatic rings. The lowest BCUT2D eigenvalue weighted by molar-refractivity contribution is -0.133. The van der Waals surface area contributed by atoms with E-state index in [1.165, 1.54) is 23.1 Å². The summed E-state index contributed by atoms with van der Waals surface area (Å²) < 4.78 is 35.7. The zero-order chi connectivity index (χ0) is 28.6. The number of urea groups is 1. The molecule has 5 rings (SSSR count). The van der Waals surface area contributed by atoms with Gasteiger partial charge in [-0.05, 0) is 67.9 Å². The molecule has 11 heteroatoms. The van der Waals surface area contributed by atoms with Gasteiger partial charge in [-0.2, -0.15) is 8.78 Å². The zero-order valence-corrected chi connectivity index (χ0v) is 22.8. The number of nitrogens with one attached hydrogen (secondary N) is 1. The van der Waals surface area contributed by atoms with E-state index in [0.29, 0.717) is 41.7 Å². The number of aromatic nitrogens is 1. The second-order valence-electron chi connectivity index (χ2n) is 10.4. The standard InChI is InChI=1S/C29H34F2N4O5/c1-4-33(13-14-39-3)11-6-12-34-26(37)29(2)17-22-21-16-20(40-27(30)31)9-10-23(21)32-24(22)25(35(29)28(34)38)18-7-5-8-19(36)15-18/h5,7-10,15-16,25,27,32,36H,4,6,11-14,17H2,1-3H3/t25-,29+/m1/s1. The Kier molecular flexibility index (Phi) is 7.70. The number of likely N-dealkylation sites (N-methyl/N-ethyl adjacent to an activating group) is 1. The number of carbonyl (C=O) groups excluding carboxylic acids is 2. The second-order valence-corrected chi connectivity index (χ2v) is 10.4. The fourth-order valence-electron chi connectivity index (χ4n) is 6.01. The van der Waals surface area contributed by atoms with Crippen molar-refractivity contribution < 1.29 is 33.0 Å². The first-order chi connectivity index (χ1) is 19.2. The summed E-state index contributed by atoms with van der Waals surface area (Å²) in [6.45, 7) is 4.00. The van der Waals surface area contributed by atoms with E-state index in [2.05, 4.69) is 21.5 Å². The highest BCUT2D eigenvalue weighted by molar-refractivity contribution is 6.08. The third-order valence-electron chi connectivity index (χ3n) is 7.96. The highest BCUT2D eigenvalue weighted by Crippen LogP contribution is 2.49. The lowest BCUT2D eigenvalue weighted by Gasteiger charge is -2.42. The minimum absolute atomic E-state index is 0.00944. The molecule has 0 saturated carbocycles. The number of carbonyl (C=O) groups is 2. The Morgan fingerprint density at radius 1 is 1.20 bits per heavy atom. The number of nitrogens with zero attached hydrogens (tertiary/aromatic N) is 3. The summed E-state index contributed by atoms with van der Waals surface area (Å²) in [5.74, 6) is -0.265. The summed E-state index contributed by atoms with van der Waals surface area (Å²) in [4.78, 5) is 36.4. The number of halogens is 2. The lowest BCUT2D eigenvalue weighted by atomic mass is 9.81. The van der Waals surface area contributed by atoms with E-state index in [9.17, 15) is 23.5 Å². The van der Waals surface area contributed by atoms with Crippen LogP contribution in [-0.2, 0) is 16.0 Å². The summed E-state index contributed by atoms with van der Waals surface area (Å²) in [5.41, 5.74) is 1.51. The molecule has 0 radical (unpaired) electrons. The molecule has 0 bridgehead atoms. The van der Waals surface area contributed by atoms with Gasteiger partial charge in [0.15, 0.2) is 0 Å². The van der Waals surface area contributed by atoms with Gasteiger partial charge in [-0.15, -0.1) is 0 Å². The van der Waals surface area contributed by atoms with Gasteiger partial charge >= 0.3 is 12.6 Å². The number of hydrogen-bond donors (Lipinski definition) is 2. The van der Waals surface area contributed by atoms with Crippen LogP contribution in [0.25, 0.3) is 10.9 Å². The number of methoxy groups -OCH3 is 1. The first kappa shape index (κ1) is 27.9. The predicted octanol–water partition coefficient (Wildman–Crippen LogP) is 4.50. The van der Waals surface area contributed by atoms with Gasteiger partial charge in [-0.1, -0.05) is 19.1 Å². The normalized spacial score (nSPS) is 20.6. The summed E-state index contributed by atoms with van der Waals surface area (Å²) in [5, 5.41) is 10.9. The van der Waals surface area contributed by atoms with Crippen molar-refractivity contribution in [2.45, 2.75) is 44.9 Å². The molecule has 0 spiro atoms. The van der Waals surface area contributed by atoms with E-state index < -0.39 is 24.2 Å². The minimum Gasteiger partial charge on any atom is -0.508 e. The molecular weight excluding hydrogens is 522 g/mol. The lowest BCUT2D eigenvalue weighted by Crippen LogP contribution is -2.53. The molecule has 3 heterocycles. The van der Waals surface area contributed by atoms with Crippen LogP contribution in [-0.4, -0.2) is 88.8 Å². The molecule has 2 atom stereocenters. The quantitative estimate of drug-likeness (QED) is 0.338. The van der Waals surface area contributed by atoms with E-state index in [4.69, 9.17) is 4.74 Å². The van der Waals surface area contributed by atoms with Gasteiger partial charge in [0.2, 0.25) is 0 Å². The van der Waals surface area contributed by atoms with Crippen LogP contribution in [0.1, 0.15) is 43.1 Å². The molecule has 40 heavy (non-hydrogen) atoms. The van der Waals surface area contributed by atoms with E-state index in [1.807, 2.05) is 0 Å². The number of aromatic hydroxyl groups is 1. The van der Waals surface area contributed by atoms with Gasteiger partial charge in [0.05, 0.1) is 6.61 Å². The van der Waals surface area contributed by atoms with Crippen LogP contribution in [0, 0.1) is 0 Å². The Bertz CT molecular complexity index is 1410. The molecule has 0 aliphatic carbocycles. The van der Waals surface area contributed by atoms with Crippen molar-refractivity contribution >= 4 is 22.8 Å². The third-order valence-corrected chi connectivity index (χ3v) is 7.96. The molecule has 214 valence electrons. The number of hydrogen-bond acceptors (Lipinski definition) is 6. The average Bonchev–Trinajstić information content (AvgIpc) is 3.36. The van der Waals surface area contributed by atoms with E-state index in [1.54, 1.807) is 43.2 Å². The summed E-state index contributed by atoms with van der Waals surface area (Å²) >= 11 is 0. The van der Waals surface area contributed by atoms with Gasteiger partial charge in [0.25, 0.3) is 5.91 Å². The Morgan fingerprint density at radius 2 is 2.00 bits per heavy atom. The number of ether oxygens (including phenoxy) is 2. The molecule has 2 aliphatic heterocycles. The molecule has 3 amide bonds. The first-order valence-corrected chi connectivity index (χ1v) is 13.4. The Hall–Kier alpha value is -3.70. The second kappa shape index (κ2) is 11.1. The fraction of sp³-hybridized carbons (Fsp3) is 0.448. The number of phenols is 1. The summed E-state index contributed by atoms with van der Waals surface area (Å²) in [7, 11) is 1.65. The van der Waals surface area contributed by atoms with Gasteiger partial charge in [0.1, 0.15) is 23.1 Å². The number of amides is 3. The zero-order valence-electron chi connectivity index (χ0n) is 22.8. The Morgan fingerprint density at radius 3 is 2.70 bits per heavy atom. The van der Waals surface area contributed by atoms with Crippen molar-refractivity contribution in [3.63, 3.8) is 0 Å². The fourth-order valence-corrected chi connectivity index (χ4v) is 6.01. The summed E-state index contributed by atoms with van der Waals surface area (Å²) in [6, 6.07) is 10.1. The van der Waals surface area contributed by atoms with Gasteiger partial charge < -0.3 is 24.5 Å². The molecule has 2 aromatic carbocycles. The van der Waals surface area contributed by atoms with Crippen LogP contribution >= 0.6 is 0 Å². The summed E-state index contributed by atoms with van der Waals surface area (Å²) in [6.07, 6.45) is 0.810. The largest absolute Gasteiger partial charge is 0.508 e. The Balaban J connectivity index is 1.53. The van der Waals surface area contributed by atoms with Crippen molar-refractivity contribution in [3.05, 3.63) is 59.3 Å². The minimum atomic E-state index is -2.97. The van der Waals surface area contributed by atoms with Crippen LogP contribution in [0.5, 0.6) is 11.5 Å². The number of H-pyrrole nitrogens is 1. The molecule has 2 N–H and O–H groups in total. The molecule has 1 fully saturated rings. The monoisotopic (exact) mass is 556 g/mol. The number of benzene rings is 2. The first-order valence-electron chi connectivity index (χ1n) is 13.4. The number of fused-ring (bicyclic) bond motifs is 4. The highest BCUT2D eigenvalue weighted by Gasteiger charge is 2.60. The Labute approximate surface area is 231 Å². The molecule has 9 nitrogen and oxygen atoms in total. The van der Waals surface area contributed by atoms with Crippen molar-refractivity contribution in [1.29, 1.82) is 0 Å². The number of aromatic amines is 1. The number of rotatable bonds is 11. The smallest absolute Gasteiger partial charge is 0.387 e. The van der Waals surface area contributed by atoms with E-state index in [-0.39, 0.29) is 30.4 Å². The molecule has 1 aromatic heterocycles. The number of phenolic OH excluding ortho intramolecular Hbond substituents is 1. The maximum absolute atomic E-state index is 14.0. The van der Waals surface area contributed by atoms with Crippen LogP contribution in [0.2, 0.25) is 0 Å². The van der Waals surface area contributed by atoms with E-state index >= 15 is 0 Å². The average molecular weight is 557 g/mol. The van der Waals surface area contributed by atoms with Crippen LogP contribution < -0.4 is 4.74 Å². The highest BCUT2D eigenvalue weighted by atomic mass is 19.3.